The molecule has 1 aromatic rings. The van der Waals surface area contributed by atoms with E-state index in [2.05, 4.69) is 16.9 Å². The number of hydrogen-bond donors (Lipinski definition) is 1. The first-order valence-electron chi connectivity index (χ1n) is 4.65. The van der Waals surface area contributed by atoms with Crippen LogP contribution in [0.25, 0.3) is 0 Å². The fourth-order valence-corrected chi connectivity index (χ4v) is 1.28. The van der Waals surface area contributed by atoms with Gasteiger partial charge in [-0.15, -0.1) is 0 Å². The van der Waals surface area contributed by atoms with Crippen molar-refractivity contribution in [3.05, 3.63) is 23.3 Å². The molecule has 0 radical (unpaired) electrons. The third-order valence-corrected chi connectivity index (χ3v) is 1.99. The van der Waals surface area contributed by atoms with E-state index >= 15 is 0 Å². The predicted molar refractivity (Wildman–Crippen MR) is 51.4 cm³/mol. The number of aryl methyl sites for hydroxylation is 2. The molecule has 1 atom stereocenters. The highest BCUT2D eigenvalue weighted by molar-refractivity contribution is 5.18. The van der Waals surface area contributed by atoms with Crippen LogP contribution < -0.4 is 0 Å². The maximum atomic E-state index is 9.35. The maximum Gasteiger partial charge on any atom is 0.128 e. The molecule has 3 heteroatoms. The highest BCUT2D eigenvalue weighted by atomic mass is 16.3. The molecule has 0 fully saturated rings. The van der Waals surface area contributed by atoms with Gasteiger partial charge in [0.05, 0.1) is 6.10 Å². The number of hydrogen-bond acceptors (Lipinski definition) is 3. The van der Waals surface area contributed by atoms with Gasteiger partial charge in [0.25, 0.3) is 0 Å². The lowest BCUT2D eigenvalue weighted by molar-refractivity contribution is 0.197. The van der Waals surface area contributed by atoms with Gasteiger partial charge in [-0.2, -0.15) is 0 Å². The lowest BCUT2D eigenvalue weighted by atomic mass is 10.1. The Labute approximate surface area is 78.9 Å². The highest BCUT2D eigenvalue weighted by Gasteiger charge is 2.07. The van der Waals surface area contributed by atoms with E-state index in [1.807, 2.05) is 6.92 Å². The molecule has 72 valence electrons. The van der Waals surface area contributed by atoms with Crippen LogP contribution in [-0.2, 0) is 6.42 Å². The average molecular weight is 180 g/mol. The molecular weight excluding hydrogens is 164 g/mol. The molecule has 3 nitrogen and oxygen atoms in total. The highest BCUT2D eigenvalue weighted by Crippen LogP contribution is 2.14. The smallest absolute Gasteiger partial charge is 0.128 e. The third kappa shape index (κ3) is 2.49. The summed E-state index contributed by atoms with van der Waals surface area (Å²) in [5.41, 5.74) is 1.70. The standard InChI is InChI=1S/C10H16N2O/c1-4-5-10-11-6-9(8(3)13)7(2)12-10/h6,8,13H,4-5H2,1-3H3/t8-/m0/s1. The largest absolute Gasteiger partial charge is 0.389 e. The first-order chi connectivity index (χ1) is 6.15. The number of aliphatic hydroxyl groups excluding tert-OH is 1. The zero-order valence-electron chi connectivity index (χ0n) is 8.41. The number of aromatic nitrogens is 2. The second kappa shape index (κ2) is 4.33. The van der Waals surface area contributed by atoms with E-state index < -0.39 is 6.10 Å². The lowest BCUT2D eigenvalue weighted by Crippen LogP contribution is -2.03. The summed E-state index contributed by atoms with van der Waals surface area (Å²) in [6.07, 6.45) is 3.20. The van der Waals surface area contributed by atoms with Crippen LogP contribution in [0.2, 0.25) is 0 Å². The molecule has 1 heterocycles. The minimum Gasteiger partial charge on any atom is -0.389 e. The first kappa shape index (κ1) is 10.1. The fraction of sp³-hybridized carbons (Fsp3) is 0.600. The van der Waals surface area contributed by atoms with Gasteiger partial charge in [0, 0.05) is 23.9 Å². The molecule has 1 aromatic heterocycles. The number of aliphatic hydroxyl groups is 1. The second-order valence-corrected chi connectivity index (χ2v) is 3.25. The monoisotopic (exact) mass is 180 g/mol. The Bertz CT molecular complexity index is 284. The third-order valence-electron chi connectivity index (χ3n) is 1.99. The van der Waals surface area contributed by atoms with Gasteiger partial charge in [-0.3, -0.25) is 0 Å². The summed E-state index contributed by atoms with van der Waals surface area (Å²) < 4.78 is 0. The molecule has 13 heavy (non-hydrogen) atoms. The van der Waals surface area contributed by atoms with E-state index in [1.54, 1.807) is 13.1 Å². The van der Waals surface area contributed by atoms with E-state index in [9.17, 15) is 5.11 Å². The number of rotatable bonds is 3. The van der Waals surface area contributed by atoms with Crippen molar-refractivity contribution in [3.63, 3.8) is 0 Å². The fourth-order valence-electron chi connectivity index (χ4n) is 1.28. The molecule has 0 amide bonds. The van der Waals surface area contributed by atoms with Crippen molar-refractivity contribution in [1.29, 1.82) is 0 Å². The van der Waals surface area contributed by atoms with E-state index in [0.717, 1.165) is 29.9 Å². The molecule has 1 N–H and O–H groups in total. The van der Waals surface area contributed by atoms with Crippen LogP contribution >= 0.6 is 0 Å². The van der Waals surface area contributed by atoms with Crippen molar-refractivity contribution in [2.24, 2.45) is 0 Å². The minimum absolute atomic E-state index is 0.476. The second-order valence-electron chi connectivity index (χ2n) is 3.25. The predicted octanol–water partition coefficient (Wildman–Crippen LogP) is 1.79. The zero-order chi connectivity index (χ0) is 9.84. The topological polar surface area (TPSA) is 46.0 Å². The van der Waals surface area contributed by atoms with Crippen LogP contribution in [0.5, 0.6) is 0 Å². The maximum absolute atomic E-state index is 9.35. The van der Waals surface area contributed by atoms with Crippen molar-refractivity contribution in [3.8, 4) is 0 Å². The van der Waals surface area contributed by atoms with Gasteiger partial charge in [0.2, 0.25) is 0 Å². The molecule has 0 unspecified atom stereocenters. The summed E-state index contributed by atoms with van der Waals surface area (Å²) in [6, 6.07) is 0. The summed E-state index contributed by atoms with van der Waals surface area (Å²) in [6.45, 7) is 5.73. The van der Waals surface area contributed by atoms with E-state index in [4.69, 9.17) is 0 Å². The summed E-state index contributed by atoms with van der Waals surface area (Å²) in [5, 5.41) is 9.35. The van der Waals surface area contributed by atoms with Crippen LogP contribution in [0, 0.1) is 6.92 Å². The molecule has 1 rings (SSSR count). The summed E-state index contributed by atoms with van der Waals surface area (Å²) in [7, 11) is 0. The summed E-state index contributed by atoms with van der Waals surface area (Å²) >= 11 is 0. The molecule has 0 aliphatic rings. The molecule has 0 aromatic carbocycles. The Morgan fingerprint density at radius 2 is 2.23 bits per heavy atom. The zero-order valence-corrected chi connectivity index (χ0v) is 8.41. The Morgan fingerprint density at radius 1 is 1.54 bits per heavy atom. The van der Waals surface area contributed by atoms with Gasteiger partial charge in [-0.05, 0) is 20.3 Å². The molecule has 0 aliphatic carbocycles. The van der Waals surface area contributed by atoms with Crippen LogP contribution in [0.3, 0.4) is 0 Å². The molecule has 0 spiro atoms. The first-order valence-corrected chi connectivity index (χ1v) is 4.65. The van der Waals surface area contributed by atoms with Crippen LogP contribution in [-0.4, -0.2) is 15.1 Å². The van der Waals surface area contributed by atoms with Crippen molar-refractivity contribution in [2.45, 2.75) is 39.7 Å². The summed E-state index contributed by atoms with van der Waals surface area (Å²) in [4.78, 5) is 8.49. The molecule has 0 aliphatic heterocycles. The Kier molecular flexibility index (Phi) is 3.37. The Hall–Kier alpha value is -0.960. The van der Waals surface area contributed by atoms with Crippen molar-refractivity contribution < 1.29 is 5.11 Å². The van der Waals surface area contributed by atoms with Gasteiger partial charge in [0.1, 0.15) is 5.82 Å². The van der Waals surface area contributed by atoms with E-state index in [1.165, 1.54) is 0 Å². The van der Waals surface area contributed by atoms with Gasteiger partial charge in [0.15, 0.2) is 0 Å². The van der Waals surface area contributed by atoms with Gasteiger partial charge < -0.3 is 5.11 Å². The van der Waals surface area contributed by atoms with Gasteiger partial charge in [-0.25, -0.2) is 9.97 Å². The van der Waals surface area contributed by atoms with E-state index in [0.29, 0.717) is 0 Å². The molecule has 0 saturated heterocycles. The average Bonchev–Trinajstić information content (AvgIpc) is 2.04. The van der Waals surface area contributed by atoms with Gasteiger partial charge >= 0.3 is 0 Å². The normalized spacial score (nSPS) is 12.9. The molecule has 0 saturated carbocycles. The van der Waals surface area contributed by atoms with E-state index in [-0.39, 0.29) is 0 Å². The van der Waals surface area contributed by atoms with Crippen LogP contribution in [0.1, 0.15) is 43.5 Å². The van der Waals surface area contributed by atoms with Crippen molar-refractivity contribution in [1.82, 2.24) is 9.97 Å². The summed E-state index contributed by atoms with van der Waals surface area (Å²) in [5.74, 6) is 0.865. The Balaban J connectivity index is 2.92. The van der Waals surface area contributed by atoms with Crippen LogP contribution in [0.15, 0.2) is 6.20 Å². The number of nitrogens with zero attached hydrogens (tertiary/aromatic N) is 2. The van der Waals surface area contributed by atoms with Crippen LogP contribution in [0.4, 0.5) is 0 Å². The quantitative estimate of drug-likeness (QED) is 0.771. The van der Waals surface area contributed by atoms with Crippen molar-refractivity contribution >= 4 is 0 Å². The SMILES string of the molecule is CCCc1ncc([C@H](C)O)c(C)n1. The molecule has 0 bridgehead atoms. The lowest BCUT2D eigenvalue weighted by Gasteiger charge is -2.08. The minimum atomic E-state index is -0.476. The van der Waals surface area contributed by atoms with Gasteiger partial charge in [-0.1, -0.05) is 6.92 Å². The molecular formula is C10H16N2O. The Morgan fingerprint density at radius 3 is 2.69 bits per heavy atom. The van der Waals surface area contributed by atoms with Crippen molar-refractivity contribution in [2.75, 3.05) is 0 Å².